The van der Waals surface area contributed by atoms with Gasteiger partial charge in [-0.2, -0.15) is 0 Å². The van der Waals surface area contributed by atoms with Crippen LogP contribution in [0.15, 0.2) is 60.2 Å². The molecule has 0 aliphatic heterocycles. The third kappa shape index (κ3) is 3.97. The van der Waals surface area contributed by atoms with Crippen molar-refractivity contribution in [2.75, 3.05) is 0 Å². The van der Waals surface area contributed by atoms with E-state index >= 15 is 0 Å². The van der Waals surface area contributed by atoms with E-state index in [2.05, 4.69) is 0 Å². The van der Waals surface area contributed by atoms with E-state index < -0.39 is 5.97 Å². The SMILES string of the molecule is O=C(O)C(=Cc1ccccc1)Cc1ccc(Cl)cc1. The molecule has 0 amide bonds. The van der Waals surface area contributed by atoms with Crippen LogP contribution in [0.4, 0.5) is 0 Å². The molecule has 2 aromatic carbocycles. The Morgan fingerprint density at radius 2 is 1.68 bits per heavy atom. The second kappa shape index (κ2) is 6.21. The molecule has 96 valence electrons. The van der Waals surface area contributed by atoms with E-state index in [4.69, 9.17) is 11.6 Å². The average molecular weight is 273 g/mol. The zero-order valence-electron chi connectivity index (χ0n) is 10.2. The van der Waals surface area contributed by atoms with Crippen molar-refractivity contribution in [3.63, 3.8) is 0 Å². The van der Waals surface area contributed by atoms with Crippen molar-refractivity contribution in [3.8, 4) is 0 Å². The number of hydrogen-bond acceptors (Lipinski definition) is 1. The van der Waals surface area contributed by atoms with Gasteiger partial charge in [-0.3, -0.25) is 0 Å². The Bertz CT molecular complexity index is 586. The van der Waals surface area contributed by atoms with Gasteiger partial charge < -0.3 is 5.11 Å². The van der Waals surface area contributed by atoms with Gasteiger partial charge in [-0.1, -0.05) is 54.1 Å². The first-order valence-corrected chi connectivity index (χ1v) is 6.26. The molecule has 0 fully saturated rings. The molecule has 2 nitrogen and oxygen atoms in total. The molecule has 0 aromatic heterocycles. The minimum Gasteiger partial charge on any atom is -0.478 e. The summed E-state index contributed by atoms with van der Waals surface area (Å²) in [6, 6.07) is 16.6. The zero-order valence-corrected chi connectivity index (χ0v) is 11.0. The molecule has 1 N–H and O–H groups in total. The second-order valence-electron chi connectivity index (χ2n) is 4.19. The fraction of sp³-hybridized carbons (Fsp3) is 0.0625. The number of carbonyl (C=O) groups is 1. The first-order chi connectivity index (χ1) is 9.15. The van der Waals surface area contributed by atoms with Gasteiger partial charge in [0.15, 0.2) is 0 Å². The van der Waals surface area contributed by atoms with Crippen LogP contribution in [0.5, 0.6) is 0 Å². The van der Waals surface area contributed by atoms with E-state index in [1.165, 1.54) is 0 Å². The second-order valence-corrected chi connectivity index (χ2v) is 4.63. The van der Waals surface area contributed by atoms with Crippen LogP contribution in [0, 0.1) is 0 Å². The summed E-state index contributed by atoms with van der Waals surface area (Å²) < 4.78 is 0. The van der Waals surface area contributed by atoms with Crippen molar-refractivity contribution < 1.29 is 9.90 Å². The summed E-state index contributed by atoms with van der Waals surface area (Å²) in [6.45, 7) is 0. The molecule has 0 aliphatic rings. The van der Waals surface area contributed by atoms with Crippen molar-refractivity contribution in [2.45, 2.75) is 6.42 Å². The van der Waals surface area contributed by atoms with Crippen molar-refractivity contribution in [2.24, 2.45) is 0 Å². The first kappa shape index (κ1) is 13.4. The zero-order chi connectivity index (χ0) is 13.7. The molecule has 0 atom stereocenters. The molecule has 0 heterocycles. The molecule has 0 bridgehead atoms. The lowest BCUT2D eigenvalue weighted by molar-refractivity contribution is -0.132. The lowest BCUT2D eigenvalue weighted by Gasteiger charge is -2.04. The number of halogens is 1. The van der Waals surface area contributed by atoms with Gasteiger partial charge in [-0.15, -0.1) is 0 Å². The monoisotopic (exact) mass is 272 g/mol. The quantitative estimate of drug-likeness (QED) is 0.853. The van der Waals surface area contributed by atoms with Crippen molar-refractivity contribution in [3.05, 3.63) is 76.3 Å². The molecule has 3 heteroatoms. The normalized spacial score (nSPS) is 11.3. The highest BCUT2D eigenvalue weighted by Crippen LogP contribution is 2.15. The molecule has 19 heavy (non-hydrogen) atoms. The number of carboxylic acids is 1. The van der Waals surface area contributed by atoms with Crippen LogP contribution in [0.1, 0.15) is 11.1 Å². The maximum Gasteiger partial charge on any atom is 0.331 e. The predicted molar refractivity (Wildman–Crippen MR) is 77.2 cm³/mol. The van der Waals surface area contributed by atoms with Gasteiger partial charge in [0.05, 0.1) is 0 Å². The maximum absolute atomic E-state index is 11.3. The smallest absolute Gasteiger partial charge is 0.331 e. The first-order valence-electron chi connectivity index (χ1n) is 5.88. The summed E-state index contributed by atoms with van der Waals surface area (Å²) in [4.78, 5) is 11.3. The highest BCUT2D eigenvalue weighted by molar-refractivity contribution is 6.30. The van der Waals surface area contributed by atoms with Crippen molar-refractivity contribution >= 4 is 23.6 Å². The highest BCUT2D eigenvalue weighted by atomic mass is 35.5. The van der Waals surface area contributed by atoms with Gasteiger partial charge in [-0.25, -0.2) is 4.79 Å². The van der Waals surface area contributed by atoms with Gasteiger partial charge in [0.25, 0.3) is 0 Å². The fourth-order valence-electron chi connectivity index (χ4n) is 1.76. The third-order valence-electron chi connectivity index (χ3n) is 2.72. The molecule has 0 saturated carbocycles. The lowest BCUT2D eigenvalue weighted by atomic mass is 10.0. The molecule has 2 aromatic rings. The molecule has 0 spiro atoms. The molecule has 0 radical (unpaired) electrons. The summed E-state index contributed by atoms with van der Waals surface area (Å²) in [5, 5.41) is 9.90. The van der Waals surface area contributed by atoms with Crippen LogP contribution in [0.2, 0.25) is 5.02 Å². The predicted octanol–water partition coefficient (Wildman–Crippen LogP) is 4.05. The molecule has 2 rings (SSSR count). The topological polar surface area (TPSA) is 37.3 Å². The molecular weight excluding hydrogens is 260 g/mol. The lowest BCUT2D eigenvalue weighted by Crippen LogP contribution is -2.03. The van der Waals surface area contributed by atoms with Gasteiger partial charge >= 0.3 is 5.97 Å². The Labute approximate surface area is 117 Å². The van der Waals surface area contributed by atoms with E-state index in [1.54, 1.807) is 18.2 Å². The van der Waals surface area contributed by atoms with Gasteiger partial charge in [0, 0.05) is 17.0 Å². The Morgan fingerprint density at radius 1 is 1.05 bits per heavy atom. The highest BCUT2D eigenvalue weighted by Gasteiger charge is 2.08. The summed E-state index contributed by atoms with van der Waals surface area (Å²) in [7, 11) is 0. The van der Waals surface area contributed by atoms with Crippen LogP contribution < -0.4 is 0 Å². The summed E-state index contributed by atoms with van der Waals surface area (Å²) in [5.74, 6) is -0.904. The fourth-order valence-corrected chi connectivity index (χ4v) is 1.89. The number of aliphatic carboxylic acids is 1. The number of rotatable bonds is 4. The van der Waals surface area contributed by atoms with Crippen LogP contribution >= 0.6 is 11.6 Å². The average Bonchev–Trinajstić information content (AvgIpc) is 2.41. The molecule has 0 unspecified atom stereocenters. The van der Waals surface area contributed by atoms with E-state index in [-0.39, 0.29) is 0 Å². The summed E-state index contributed by atoms with van der Waals surface area (Å²) in [6.07, 6.45) is 2.07. The third-order valence-corrected chi connectivity index (χ3v) is 2.97. The Morgan fingerprint density at radius 3 is 2.26 bits per heavy atom. The van der Waals surface area contributed by atoms with E-state index in [0.717, 1.165) is 11.1 Å². The van der Waals surface area contributed by atoms with Gasteiger partial charge in [0.2, 0.25) is 0 Å². The number of hydrogen-bond donors (Lipinski definition) is 1. The molecule has 0 saturated heterocycles. The summed E-state index contributed by atoms with van der Waals surface area (Å²) in [5.41, 5.74) is 2.16. The minimum atomic E-state index is -0.904. The van der Waals surface area contributed by atoms with E-state index in [9.17, 15) is 9.90 Å². The van der Waals surface area contributed by atoms with Crippen LogP contribution in [-0.2, 0) is 11.2 Å². The number of benzene rings is 2. The van der Waals surface area contributed by atoms with Crippen LogP contribution in [0.25, 0.3) is 6.08 Å². The van der Waals surface area contributed by atoms with Gasteiger partial charge in [-0.05, 0) is 29.3 Å². The largest absolute Gasteiger partial charge is 0.478 e. The maximum atomic E-state index is 11.3. The van der Waals surface area contributed by atoms with Gasteiger partial charge in [0.1, 0.15) is 0 Å². The van der Waals surface area contributed by atoms with Crippen molar-refractivity contribution in [1.29, 1.82) is 0 Å². The Hall–Kier alpha value is -2.06. The number of carboxylic acid groups (broad SMARTS) is 1. The van der Waals surface area contributed by atoms with E-state index in [0.29, 0.717) is 17.0 Å². The van der Waals surface area contributed by atoms with Crippen LogP contribution in [-0.4, -0.2) is 11.1 Å². The minimum absolute atomic E-state index is 0.355. The standard InChI is InChI=1S/C16H13ClO2/c17-15-8-6-13(7-9-15)11-14(16(18)19)10-12-4-2-1-3-5-12/h1-10H,11H2,(H,18,19). The van der Waals surface area contributed by atoms with Crippen molar-refractivity contribution in [1.82, 2.24) is 0 Å². The molecular formula is C16H13ClO2. The summed E-state index contributed by atoms with van der Waals surface area (Å²) >= 11 is 5.81. The molecule has 0 aliphatic carbocycles. The van der Waals surface area contributed by atoms with Crippen LogP contribution in [0.3, 0.4) is 0 Å². The van der Waals surface area contributed by atoms with E-state index in [1.807, 2.05) is 42.5 Å². The Kier molecular flexibility index (Phi) is 4.37. The Balaban J connectivity index is 2.24.